The van der Waals surface area contributed by atoms with E-state index in [0.717, 1.165) is 10.0 Å². The summed E-state index contributed by atoms with van der Waals surface area (Å²) in [6.45, 7) is 0. The Hall–Kier alpha value is -2.21. The predicted octanol–water partition coefficient (Wildman–Crippen LogP) is 3.89. The maximum atomic E-state index is 13.8. The lowest BCUT2D eigenvalue weighted by molar-refractivity contribution is 0.429. The zero-order valence-electron chi connectivity index (χ0n) is 10.2. The molecule has 3 rings (SSSR count). The van der Waals surface area contributed by atoms with Gasteiger partial charge in [-0.2, -0.15) is 4.98 Å². The molecule has 4 nitrogen and oxygen atoms in total. The molecule has 0 aliphatic rings. The van der Waals surface area contributed by atoms with Crippen LogP contribution < -0.4 is 5.73 Å². The first-order valence-electron chi connectivity index (χ1n) is 5.79. The van der Waals surface area contributed by atoms with E-state index in [1.165, 1.54) is 18.2 Å². The third kappa shape index (κ3) is 2.30. The van der Waals surface area contributed by atoms with Crippen LogP contribution in [-0.2, 0) is 0 Å². The first kappa shape index (κ1) is 12.8. The highest BCUT2D eigenvalue weighted by Gasteiger charge is 2.15. The molecule has 0 atom stereocenters. The van der Waals surface area contributed by atoms with Crippen molar-refractivity contribution in [1.82, 2.24) is 10.1 Å². The second kappa shape index (κ2) is 5.05. The van der Waals surface area contributed by atoms with Gasteiger partial charge in [0, 0.05) is 15.7 Å². The van der Waals surface area contributed by atoms with E-state index in [4.69, 9.17) is 10.3 Å². The van der Waals surface area contributed by atoms with Crippen LogP contribution in [0.4, 0.5) is 10.1 Å². The monoisotopic (exact) mass is 333 g/mol. The molecule has 0 unspecified atom stereocenters. The van der Waals surface area contributed by atoms with Crippen molar-refractivity contribution in [2.75, 3.05) is 5.73 Å². The largest absolute Gasteiger partial charge is 0.399 e. The van der Waals surface area contributed by atoms with Crippen LogP contribution in [0.2, 0.25) is 0 Å². The van der Waals surface area contributed by atoms with Crippen LogP contribution in [-0.4, -0.2) is 10.1 Å². The maximum absolute atomic E-state index is 13.8. The van der Waals surface area contributed by atoms with Gasteiger partial charge in [-0.05, 0) is 30.3 Å². The molecule has 0 radical (unpaired) electrons. The molecule has 20 heavy (non-hydrogen) atoms. The number of nitrogens with zero attached hydrogens (tertiary/aromatic N) is 2. The van der Waals surface area contributed by atoms with E-state index >= 15 is 0 Å². The van der Waals surface area contributed by atoms with Crippen LogP contribution in [0.25, 0.3) is 22.8 Å². The highest BCUT2D eigenvalue weighted by Crippen LogP contribution is 2.29. The molecule has 1 aromatic heterocycles. The number of aromatic nitrogens is 2. The normalized spacial score (nSPS) is 10.7. The van der Waals surface area contributed by atoms with E-state index in [9.17, 15) is 4.39 Å². The number of hydrogen-bond acceptors (Lipinski definition) is 4. The van der Waals surface area contributed by atoms with Gasteiger partial charge in [0.25, 0.3) is 5.89 Å². The van der Waals surface area contributed by atoms with Gasteiger partial charge in [-0.1, -0.05) is 33.2 Å². The highest BCUT2D eigenvalue weighted by molar-refractivity contribution is 9.10. The molecule has 0 aliphatic heterocycles. The van der Waals surface area contributed by atoms with Gasteiger partial charge >= 0.3 is 0 Å². The zero-order chi connectivity index (χ0) is 14.1. The third-order valence-corrected chi connectivity index (χ3v) is 3.45. The fraction of sp³-hybridized carbons (Fsp3) is 0. The van der Waals surface area contributed by atoms with Crippen molar-refractivity contribution in [1.29, 1.82) is 0 Å². The Balaban J connectivity index is 2.07. The van der Waals surface area contributed by atoms with E-state index < -0.39 is 5.82 Å². The summed E-state index contributed by atoms with van der Waals surface area (Å²) < 4.78 is 19.7. The van der Waals surface area contributed by atoms with Crippen LogP contribution in [0, 0.1) is 5.82 Å². The van der Waals surface area contributed by atoms with Crippen LogP contribution in [0.1, 0.15) is 0 Å². The van der Waals surface area contributed by atoms with Gasteiger partial charge in [0.05, 0.1) is 5.56 Å². The second-order valence-electron chi connectivity index (χ2n) is 4.14. The molecular formula is C14H9BrFN3O. The maximum Gasteiger partial charge on any atom is 0.261 e. The SMILES string of the molecule is Nc1ccc(F)c(-c2nc(-c3ccccc3Br)no2)c1. The standard InChI is InChI=1S/C14H9BrFN3O/c15-11-4-2-1-3-9(11)13-18-14(20-19-13)10-7-8(17)5-6-12(10)16/h1-7H,17H2. The molecule has 1 heterocycles. The number of hydrogen-bond donors (Lipinski definition) is 1. The lowest BCUT2D eigenvalue weighted by atomic mass is 10.2. The average Bonchev–Trinajstić information content (AvgIpc) is 2.91. The summed E-state index contributed by atoms with van der Waals surface area (Å²) in [5.74, 6) is 0.0244. The van der Waals surface area contributed by atoms with Crippen molar-refractivity contribution < 1.29 is 8.91 Å². The minimum atomic E-state index is -0.457. The molecular weight excluding hydrogens is 325 g/mol. The van der Waals surface area contributed by atoms with E-state index in [0.29, 0.717) is 11.5 Å². The summed E-state index contributed by atoms with van der Waals surface area (Å²) in [7, 11) is 0. The van der Waals surface area contributed by atoms with Gasteiger partial charge in [-0.25, -0.2) is 4.39 Å². The van der Waals surface area contributed by atoms with Crippen molar-refractivity contribution in [2.45, 2.75) is 0 Å². The summed E-state index contributed by atoms with van der Waals surface area (Å²) in [5.41, 5.74) is 7.04. The van der Waals surface area contributed by atoms with E-state index in [-0.39, 0.29) is 11.5 Å². The van der Waals surface area contributed by atoms with Crippen LogP contribution >= 0.6 is 15.9 Å². The van der Waals surface area contributed by atoms with Crippen LogP contribution in [0.15, 0.2) is 51.5 Å². The van der Waals surface area contributed by atoms with Gasteiger partial charge in [-0.3, -0.25) is 0 Å². The summed E-state index contributed by atoms with van der Waals surface area (Å²) in [6.07, 6.45) is 0. The first-order valence-corrected chi connectivity index (χ1v) is 6.58. The summed E-state index contributed by atoms with van der Waals surface area (Å²) in [5, 5.41) is 3.87. The number of nitrogens with two attached hydrogens (primary N) is 1. The van der Waals surface area contributed by atoms with Gasteiger partial charge in [0.1, 0.15) is 5.82 Å². The Bertz CT molecular complexity index is 773. The fourth-order valence-electron chi connectivity index (χ4n) is 1.79. The Kier molecular flexibility index (Phi) is 3.23. The Morgan fingerprint density at radius 2 is 1.90 bits per heavy atom. The molecule has 2 N–H and O–H groups in total. The molecule has 0 amide bonds. The Labute approximate surface area is 122 Å². The smallest absolute Gasteiger partial charge is 0.261 e. The minimum Gasteiger partial charge on any atom is -0.399 e. The van der Waals surface area contributed by atoms with E-state index in [2.05, 4.69) is 26.1 Å². The van der Waals surface area contributed by atoms with Crippen molar-refractivity contribution >= 4 is 21.6 Å². The number of anilines is 1. The topological polar surface area (TPSA) is 64.9 Å². The number of nitrogen functional groups attached to an aromatic ring is 1. The Morgan fingerprint density at radius 1 is 1.10 bits per heavy atom. The number of halogens is 2. The molecule has 0 saturated heterocycles. The molecule has 0 saturated carbocycles. The van der Waals surface area contributed by atoms with Gasteiger partial charge in [0.2, 0.25) is 5.82 Å². The molecule has 0 aliphatic carbocycles. The van der Waals surface area contributed by atoms with Crippen molar-refractivity contribution in [3.05, 3.63) is 52.8 Å². The minimum absolute atomic E-state index is 0.0977. The Morgan fingerprint density at radius 3 is 2.70 bits per heavy atom. The lowest BCUT2D eigenvalue weighted by Gasteiger charge is -1.99. The molecule has 0 fully saturated rings. The van der Waals surface area contributed by atoms with Crippen molar-refractivity contribution in [3.63, 3.8) is 0 Å². The molecule has 3 aromatic rings. The molecule has 0 bridgehead atoms. The van der Waals surface area contributed by atoms with Gasteiger partial charge in [-0.15, -0.1) is 0 Å². The number of benzene rings is 2. The van der Waals surface area contributed by atoms with Gasteiger partial charge in [0.15, 0.2) is 0 Å². The predicted molar refractivity (Wildman–Crippen MR) is 77.2 cm³/mol. The highest BCUT2D eigenvalue weighted by atomic mass is 79.9. The molecule has 2 aromatic carbocycles. The third-order valence-electron chi connectivity index (χ3n) is 2.76. The second-order valence-corrected chi connectivity index (χ2v) is 5.00. The quantitative estimate of drug-likeness (QED) is 0.722. The van der Waals surface area contributed by atoms with E-state index in [1.54, 1.807) is 0 Å². The summed E-state index contributed by atoms with van der Waals surface area (Å²) in [4.78, 5) is 4.21. The van der Waals surface area contributed by atoms with E-state index in [1.807, 2.05) is 24.3 Å². The van der Waals surface area contributed by atoms with Crippen molar-refractivity contribution in [2.24, 2.45) is 0 Å². The number of rotatable bonds is 2. The average molecular weight is 334 g/mol. The summed E-state index contributed by atoms with van der Waals surface area (Å²) >= 11 is 3.41. The van der Waals surface area contributed by atoms with Gasteiger partial charge < -0.3 is 10.3 Å². The molecule has 100 valence electrons. The van der Waals surface area contributed by atoms with Crippen molar-refractivity contribution in [3.8, 4) is 22.8 Å². The molecule has 6 heteroatoms. The fourth-order valence-corrected chi connectivity index (χ4v) is 2.25. The van der Waals surface area contributed by atoms with Crippen LogP contribution in [0.3, 0.4) is 0 Å². The van der Waals surface area contributed by atoms with Crippen LogP contribution in [0.5, 0.6) is 0 Å². The molecule has 0 spiro atoms. The lowest BCUT2D eigenvalue weighted by Crippen LogP contribution is -1.90. The summed E-state index contributed by atoms with van der Waals surface area (Å²) in [6, 6.07) is 11.7. The first-order chi connectivity index (χ1) is 9.65. The zero-order valence-corrected chi connectivity index (χ0v) is 11.8.